The van der Waals surface area contributed by atoms with E-state index in [9.17, 15) is 15.0 Å². The number of rotatable bonds is 7. The lowest BCUT2D eigenvalue weighted by Gasteiger charge is -2.08. The van der Waals surface area contributed by atoms with E-state index >= 15 is 0 Å². The van der Waals surface area contributed by atoms with Crippen LogP contribution in [0.1, 0.15) is 6.92 Å². The van der Waals surface area contributed by atoms with Crippen molar-refractivity contribution in [2.45, 2.75) is 16.7 Å². The molecule has 0 fully saturated rings. The summed E-state index contributed by atoms with van der Waals surface area (Å²) in [5, 5.41) is 20.6. The van der Waals surface area contributed by atoms with Crippen LogP contribution in [0.15, 0.2) is 76.5 Å². The maximum atomic E-state index is 10.8. The molecule has 0 aliphatic carbocycles. The molecule has 3 aromatic carbocycles. The van der Waals surface area contributed by atoms with Crippen molar-refractivity contribution in [3.8, 4) is 27.7 Å². The molecule has 0 spiro atoms. The monoisotopic (exact) mass is 452 g/mol. The van der Waals surface area contributed by atoms with Gasteiger partial charge in [0, 0.05) is 31.7 Å². The van der Waals surface area contributed by atoms with E-state index in [0.29, 0.717) is 12.4 Å². The number of carbonyl (C=O) groups is 1. The lowest BCUT2D eigenvalue weighted by Crippen LogP contribution is -2.09. The second kappa shape index (κ2) is 9.32. The van der Waals surface area contributed by atoms with Gasteiger partial charge in [0.2, 0.25) is 0 Å². The average Bonchev–Trinajstić information content (AvgIpc) is 3.10. The lowest BCUT2D eigenvalue weighted by atomic mass is 10.1. The quantitative estimate of drug-likeness (QED) is 0.262. The van der Waals surface area contributed by atoms with Gasteiger partial charge < -0.3 is 19.7 Å². The topological polar surface area (TPSA) is 76.0 Å². The first-order valence-corrected chi connectivity index (χ1v) is 11.2. The third-order valence-electron chi connectivity index (χ3n) is 4.46. The minimum atomic E-state index is -0.323. The first kappa shape index (κ1) is 21.1. The number of carbonyl (C=O) groups excluding carboxylic acids is 1. The molecule has 0 saturated carbocycles. The van der Waals surface area contributed by atoms with Crippen molar-refractivity contribution in [2.24, 2.45) is 0 Å². The van der Waals surface area contributed by atoms with Crippen LogP contribution in [-0.2, 0) is 9.53 Å². The number of hydrogen-bond acceptors (Lipinski definition) is 7. The van der Waals surface area contributed by atoms with E-state index in [1.54, 1.807) is 47.4 Å². The number of aromatic hydroxyl groups is 2. The molecule has 0 saturated heterocycles. The molecule has 1 aromatic heterocycles. The lowest BCUT2D eigenvalue weighted by molar-refractivity contribution is -0.141. The molecular formula is C24H20O5S2. The fraction of sp³-hybridized carbons (Fsp3) is 0.125. The molecule has 158 valence electrons. The van der Waals surface area contributed by atoms with Crippen molar-refractivity contribution in [1.82, 2.24) is 0 Å². The number of benzene rings is 3. The zero-order valence-electron chi connectivity index (χ0n) is 16.7. The summed E-state index contributed by atoms with van der Waals surface area (Å²) >= 11 is 3.24. The van der Waals surface area contributed by atoms with E-state index in [1.807, 2.05) is 42.5 Å². The number of esters is 1. The van der Waals surface area contributed by atoms with Gasteiger partial charge in [0.25, 0.3) is 0 Å². The summed E-state index contributed by atoms with van der Waals surface area (Å²) in [4.78, 5) is 14.0. The minimum absolute atomic E-state index is 0.218. The van der Waals surface area contributed by atoms with E-state index in [0.717, 1.165) is 30.3 Å². The molecule has 4 rings (SSSR count). The highest BCUT2D eigenvalue weighted by atomic mass is 32.2. The first-order valence-electron chi connectivity index (χ1n) is 9.58. The van der Waals surface area contributed by atoms with Crippen LogP contribution in [0.5, 0.6) is 17.2 Å². The Morgan fingerprint density at radius 3 is 2.35 bits per heavy atom. The van der Waals surface area contributed by atoms with Gasteiger partial charge in [-0.3, -0.25) is 4.79 Å². The number of fused-ring (bicyclic) bond motifs is 1. The van der Waals surface area contributed by atoms with Gasteiger partial charge in [-0.05, 0) is 72.3 Å². The van der Waals surface area contributed by atoms with Crippen LogP contribution >= 0.6 is 23.1 Å². The van der Waals surface area contributed by atoms with Gasteiger partial charge in [0.15, 0.2) is 0 Å². The molecule has 7 heteroatoms. The Morgan fingerprint density at radius 1 is 0.935 bits per heavy atom. The van der Waals surface area contributed by atoms with Gasteiger partial charge >= 0.3 is 5.97 Å². The van der Waals surface area contributed by atoms with Crippen molar-refractivity contribution in [1.29, 1.82) is 0 Å². The van der Waals surface area contributed by atoms with E-state index in [2.05, 4.69) is 0 Å². The van der Waals surface area contributed by atoms with Gasteiger partial charge in [-0.1, -0.05) is 11.8 Å². The highest BCUT2D eigenvalue weighted by Crippen LogP contribution is 2.47. The second-order valence-corrected chi connectivity index (χ2v) is 8.89. The van der Waals surface area contributed by atoms with Crippen molar-refractivity contribution >= 4 is 39.2 Å². The molecule has 0 atom stereocenters. The predicted octanol–water partition coefficient (Wildman–Crippen LogP) is 6.07. The van der Waals surface area contributed by atoms with Crippen LogP contribution < -0.4 is 4.74 Å². The number of thiophene rings is 1. The molecule has 2 N–H and O–H groups in total. The smallest absolute Gasteiger partial charge is 0.302 e. The highest BCUT2D eigenvalue weighted by Gasteiger charge is 2.16. The Hall–Kier alpha value is -3.16. The second-order valence-electron chi connectivity index (χ2n) is 6.75. The summed E-state index contributed by atoms with van der Waals surface area (Å²) in [7, 11) is 0. The summed E-state index contributed by atoms with van der Waals surface area (Å²) in [5.74, 6) is 0.838. The summed E-state index contributed by atoms with van der Waals surface area (Å²) in [6, 6.07) is 20.3. The van der Waals surface area contributed by atoms with E-state index in [4.69, 9.17) is 9.47 Å². The van der Waals surface area contributed by atoms with E-state index < -0.39 is 0 Å². The Morgan fingerprint density at radius 2 is 1.65 bits per heavy atom. The maximum Gasteiger partial charge on any atom is 0.302 e. The van der Waals surface area contributed by atoms with Crippen LogP contribution in [0, 0.1) is 0 Å². The molecule has 4 aromatic rings. The minimum Gasteiger partial charge on any atom is -0.508 e. The third kappa shape index (κ3) is 5.13. The molecular weight excluding hydrogens is 432 g/mol. The predicted molar refractivity (Wildman–Crippen MR) is 123 cm³/mol. The number of phenols is 2. The zero-order chi connectivity index (χ0) is 21.8. The van der Waals surface area contributed by atoms with Gasteiger partial charge in [-0.15, -0.1) is 11.3 Å². The molecule has 0 radical (unpaired) electrons. The number of ether oxygens (including phenoxy) is 2. The summed E-state index contributed by atoms with van der Waals surface area (Å²) in [6.07, 6.45) is 0. The SMILES string of the molecule is CC(=O)OCCOc1ccc(Sc2c(-c3ccc(O)cc3)sc3cc(O)ccc23)cc1. The fourth-order valence-electron chi connectivity index (χ4n) is 3.03. The fourth-order valence-corrected chi connectivity index (χ4v) is 5.49. The van der Waals surface area contributed by atoms with Crippen LogP contribution in [-0.4, -0.2) is 29.4 Å². The molecule has 31 heavy (non-hydrogen) atoms. The molecule has 0 bridgehead atoms. The normalized spacial score (nSPS) is 10.9. The maximum absolute atomic E-state index is 10.8. The largest absolute Gasteiger partial charge is 0.508 e. The molecule has 0 unspecified atom stereocenters. The molecule has 5 nitrogen and oxygen atoms in total. The Balaban J connectivity index is 1.59. The van der Waals surface area contributed by atoms with Gasteiger partial charge in [-0.25, -0.2) is 0 Å². The first-order chi connectivity index (χ1) is 15.0. The Labute approximate surface area is 187 Å². The summed E-state index contributed by atoms with van der Waals surface area (Å²) in [5.41, 5.74) is 1.01. The van der Waals surface area contributed by atoms with Crippen molar-refractivity contribution in [3.63, 3.8) is 0 Å². The van der Waals surface area contributed by atoms with Crippen LogP contribution in [0.3, 0.4) is 0 Å². The molecule has 0 amide bonds. The van der Waals surface area contributed by atoms with E-state index in [1.165, 1.54) is 6.92 Å². The summed E-state index contributed by atoms with van der Waals surface area (Å²) < 4.78 is 11.5. The molecule has 0 aliphatic heterocycles. The number of hydrogen-bond donors (Lipinski definition) is 2. The van der Waals surface area contributed by atoms with Gasteiger partial charge in [-0.2, -0.15) is 0 Å². The van der Waals surface area contributed by atoms with Crippen LogP contribution in [0.25, 0.3) is 20.5 Å². The Bertz CT molecular complexity index is 1200. The molecule has 0 aliphatic rings. The standard InChI is InChI=1S/C24H20O5S2/c1-15(25)28-12-13-29-19-7-9-20(10-8-19)30-24-21-11-6-18(27)14-22(21)31-23(24)16-2-4-17(26)5-3-16/h2-11,14,26-27H,12-13H2,1H3. The summed E-state index contributed by atoms with van der Waals surface area (Å²) in [6.45, 7) is 1.89. The third-order valence-corrected chi connectivity index (χ3v) is 6.93. The van der Waals surface area contributed by atoms with Crippen molar-refractivity contribution < 1.29 is 24.5 Å². The van der Waals surface area contributed by atoms with Crippen LogP contribution in [0.4, 0.5) is 0 Å². The molecule has 1 heterocycles. The van der Waals surface area contributed by atoms with Crippen molar-refractivity contribution in [3.05, 3.63) is 66.7 Å². The zero-order valence-corrected chi connectivity index (χ0v) is 18.3. The van der Waals surface area contributed by atoms with E-state index in [-0.39, 0.29) is 24.1 Å². The van der Waals surface area contributed by atoms with Crippen LogP contribution in [0.2, 0.25) is 0 Å². The van der Waals surface area contributed by atoms with Crippen molar-refractivity contribution in [2.75, 3.05) is 13.2 Å². The van der Waals surface area contributed by atoms with Gasteiger partial charge in [0.1, 0.15) is 30.5 Å². The van der Waals surface area contributed by atoms with Gasteiger partial charge in [0.05, 0.1) is 0 Å². The average molecular weight is 453 g/mol. The Kier molecular flexibility index (Phi) is 6.34. The highest BCUT2D eigenvalue weighted by molar-refractivity contribution is 8.00. The number of phenolic OH excluding ortho intramolecular Hbond substituents is 2.